The van der Waals surface area contributed by atoms with Crippen molar-refractivity contribution in [1.29, 1.82) is 0 Å². The Bertz CT molecular complexity index is 487. The van der Waals surface area contributed by atoms with Crippen molar-refractivity contribution in [2.24, 2.45) is 18.0 Å². The molecule has 0 bridgehead atoms. The van der Waals surface area contributed by atoms with E-state index in [1.807, 2.05) is 31.2 Å². The number of guanidine groups is 1. The molecule has 1 atom stereocenters. The molecule has 0 radical (unpaired) electrons. The van der Waals surface area contributed by atoms with Crippen LogP contribution < -0.4 is 5.32 Å². The first kappa shape index (κ1) is 20.2. The highest BCUT2D eigenvalue weighted by Crippen LogP contribution is 2.21. The summed E-state index contributed by atoms with van der Waals surface area (Å²) >= 11 is 0. The third-order valence-electron chi connectivity index (χ3n) is 4.38. The Morgan fingerprint density at radius 2 is 2.22 bits per heavy atom. The standard InChI is InChI=1S/C16H29N5O.HI/c1-5-13(6-2)9-18-16(17-3)21-7-8-22-15(12-21)14-10-19-20(4)11-14;/h10-11,13,15H,5-9,12H2,1-4H3,(H,17,18);1H. The van der Waals surface area contributed by atoms with Crippen molar-refractivity contribution >= 4 is 29.9 Å². The van der Waals surface area contributed by atoms with Gasteiger partial charge in [0.05, 0.1) is 19.3 Å². The fraction of sp³-hybridized carbons (Fsp3) is 0.750. The Labute approximate surface area is 156 Å². The monoisotopic (exact) mass is 435 g/mol. The zero-order valence-electron chi connectivity index (χ0n) is 14.7. The number of aromatic nitrogens is 2. The number of rotatable bonds is 5. The first-order chi connectivity index (χ1) is 10.7. The number of aryl methyl sites for hydroxylation is 1. The molecule has 1 aliphatic rings. The van der Waals surface area contributed by atoms with Crippen LogP contribution in [0.15, 0.2) is 17.4 Å². The normalized spacial score (nSPS) is 18.9. The maximum Gasteiger partial charge on any atom is 0.193 e. The fourth-order valence-electron chi connectivity index (χ4n) is 2.79. The molecule has 1 fully saturated rings. The molecule has 0 aromatic carbocycles. The van der Waals surface area contributed by atoms with Crippen LogP contribution in [0.3, 0.4) is 0 Å². The summed E-state index contributed by atoms with van der Waals surface area (Å²) in [6, 6.07) is 0. The van der Waals surface area contributed by atoms with E-state index in [0.29, 0.717) is 12.5 Å². The highest BCUT2D eigenvalue weighted by Gasteiger charge is 2.25. The van der Waals surface area contributed by atoms with E-state index in [0.717, 1.165) is 31.2 Å². The van der Waals surface area contributed by atoms with Crippen molar-refractivity contribution < 1.29 is 4.74 Å². The summed E-state index contributed by atoms with van der Waals surface area (Å²) in [5.41, 5.74) is 1.13. The molecule has 2 heterocycles. The predicted molar refractivity (Wildman–Crippen MR) is 104 cm³/mol. The van der Waals surface area contributed by atoms with Crippen LogP contribution in [0.25, 0.3) is 0 Å². The van der Waals surface area contributed by atoms with Crippen molar-refractivity contribution in [3.63, 3.8) is 0 Å². The van der Waals surface area contributed by atoms with E-state index in [1.54, 1.807) is 0 Å². The van der Waals surface area contributed by atoms with Crippen LogP contribution in [0.2, 0.25) is 0 Å². The topological polar surface area (TPSA) is 54.7 Å². The van der Waals surface area contributed by atoms with E-state index in [-0.39, 0.29) is 30.1 Å². The number of halogens is 1. The van der Waals surface area contributed by atoms with Gasteiger partial charge in [-0.3, -0.25) is 9.67 Å². The molecule has 1 aromatic rings. The Morgan fingerprint density at radius 3 is 2.78 bits per heavy atom. The first-order valence-corrected chi connectivity index (χ1v) is 8.23. The Balaban J connectivity index is 0.00000264. The number of hydrogen-bond acceptors (Lipinski definition) is 3. The van der Waals surface area contributed by atoms with E-state index in [2.05, 4.69) is 34.2 Å². The van der Waals surface area contributed by atoms with Crippen molar-refractivity contribution in [2.75, 3.05) is 33.3 Å². The van der Waals surface area contributed by atoms with Crippen molar-refractivity contribution in [3.05, 3.63) is 18.0 Å². The predicted octanol–water partition coefficient (Wildman–Crippen LogP) is 2.42. The lowest BCUT2D eigenvalue weighted by molar-refractivity contribution is -0.00808. The maximum absolute atomic E-state index is 5.89. The van der Waals surface area contributed by atoms with Gasteiger partial charge in [-0.05, 0) is 5.92 Å². The summed E-state index contributed by atoms with van der Waals surface area (Å²) in [4.78, 5) is 6.72. The number of nitrogens with zero attached hydrogens (tertiary/aromatic N) is 4. The quantitative estimate of drug-likeness (QED) is 0.439. The van der Waals surface area contributed by atoms with Gasteiger partial charge in [0.1, 0.15) is 6.10 Å². The minimum atomic E-state index is 0. The molecular weight excluding hydrogens is 405 g/mol. The molecule has 23 heavy (non-hydrogen) atoms. The fourth-order valence-corrected chi connectivity index (χ4v) is 2.79. The zero-order valence-corrected chi connectivity index (χ0v) is 17.0. The molecule has 0 saturated carbocycles. The van der Waals surface area contributed by atoms with Gasteiger partial charge >= 0.3 is 0 Å². The lowest BCUT2D eigenvalue weighted by Gasteiger charge is -2.35. The molecule has 2 rings (SSSR count). The number of ether oxygens (including phenoxy) is 1. The second-order valence-corrected chi connectivity index (χ2v) is 5.86. The highest BCUT2D eigenvalue weighted by molar-refractivity contribution is 14.0. The van der Waals surface area contributed by atoms with Crippen LogP contribution in [0.5, 0.6) is 0 Å². The van der Waals surface area contributed by atoms with E-state index < -0.39 is 0 Å². The minimum Gasteiger partial charge on any atom is -0.370 e. The third-order valence-corrected chi connectivity index (χ3v) is 4.38. The molecule has 1 N–H and O–H groups in total. The Morgan fingerprint density at radius 1 is 1.48 bits per heavy atom. The minimum absolute atomic E-state index is 0. The van der Waals surface area contributed by atoms with Crippen molar-refractivity contribution in [2.45, 2.75) is 32.8 Å². The smallest absolute Gasteiger partial charge is 0.193 e. The van der Waals surface area contributed by atoms with Crippen LogP contribution in [0.1, 0.15) is 38.4 Å². The van der Waals surface area contributed by atoms with E-state index >= 15 is 0 Å². The summed E-state index contributed by atoms with van der Waals surface area (Å²) in [6.07, 6.45) is 6.36. The number of nitrogens with one attached hydrogen (secondary N) is 1. The SMILES string of the molecule is CCC(CC)CNC(=NC)N1CCOC(c2cnn(C)c2)C1.I. The highest BCUT2D eigenvalue weighted by atomic mass is 127. The molecule has 6 nitrogen and oxygen atoms in total. The average Bonchev–Trinajstić information content (AvgIpc) is 2.98. The van der Waals surface area contributed by atoms with Gasteiger partial charge in [-0.15, -0.1) is 24.0 Å². The molecular formula is C16H30IN5O. The summed E-state index contributed by atoms with van der Waals surface area (Å²) in [5, 5.41) is 7.75. The molecule has 0 aliphatic carbocycles. The van der Waals surface area contributed by atoms with Gasteiger partial charge in [0.15, 0.2) is 5.96 Å². The summed E-state index contributed by atoms with van der Waals surface area (Å²) < 4.78 is 7.71. The second-order valence-electron chi connectivity index (χ2n) is 5.86. The lowest BCUT2D eigenvalue weighted by atomic mass is 10.0. The van der Waals surface area contributed by atoms with E-state index in [1.165, 1.54) is 12.8 Å². The zero-order chi connectivity index (χ0) is 15.9. The van der Waals surface area contributed by atoms with E-state index in [9.17, 15) is 0 Å². The van der Waals surface area contributed by atoms with Gasteiger partial charge in [0.2, 0.25) is 0 Å². The molecule has 1 unspecified atom stereocenters. The van der Waals surface area contributed by atoms with Gasteiger partial charge in [-0.1, -0.05) is 26.7 Å². The number of morpholine rings is 1. The van der Waals surface area contributed by atoms with Crippen molar-refractivity contribution in [3.8, 4) is 0 Å². The molecule has 7 heteroatoms. The van der Waals surface area contributed by atoms with Crippen LogP contribution in [0, 0.1) is 5.92 Å². The van der Waals surface area contributed by atoms with Gasteiger partial charge in [-0.2, -0.15) is 5.10 Å². The van der Waals surface area contributed by atoms with Crippen LogP contribution in [-0.4, -0.2) is 53.9 Å². The van der Waals surface area contributed by atoms with Crippen LogP contribution >= 0.6 is 24.0 Å². The van der Waals surface area contributed by atoms with Gasteiger partial charge in [0, 0.05) is 38.9 Å². The summed E-state index contributed by atoms with van der Waals surface area (Å²) in [7, 11) is 3.78. The van der Waals surface area contributed by atoms with Crippen LogP contribution in [-0.2, 0) is 11.8 Å². The number of hydrogen-bond donors (Lipinski definition) is 1. The molecule has 1 aromatic heterocycles. The Kier molecular flexibility index (Phi) is 8.90. The van der Waals surface area contributed by atoms with Gasteiger partial charge in [0.25, 0.3) is 0 Å². The molecule has 0 spiro atoms. The van der Waals surface area contributed by atoms with Gasteiger partial charge in [-0.25, -0.2) is 0 Å². The van der Waals surface area contributed by atoms with Crippen LogP contribution in [0.4, 0.5) is 0 Å². The van der Waals surface area contributed by atoms with E-state index in [4.69, 9.17) is 4.74 Å². The third kappa shape index (κ3) is 5.63. The summed E-state index contributed by atoms with van der Waals surface area (Å²) in [5.74, 6) is 1.68. The second kappa shape index (κ2) is 10.1. The maximum atomic E-state index is 5.89. The molecule has 1 saturated heterocycles. The molecule has 132 valence electrons. The Hall–Kier alpha value is -0.830. The first-order valence-electron chi connectivity index (χ1n) is 8.23. The van der Waals surface area contributed by atoms with Crippen molar-refractivity contribution in [1.82, 2.24) is 20.0 Å². The summed E-state index contributed by atoms with van der Waals surface area (Å²) in [6.45, 7) is 7.87. The number of aliphatic imine (C=N–C) groups is 1. The largest absolute Gasteiger partial charge is 0.370 e. The average molecular weight is 435 g/mol. The van der Waals surface area contributed by atoms with Gasteiger partial charge < -0.3 is 15.0 Å². The molecule has 1 aliphatic heterocycles. The lowest BCUT2D eigenvalue weighted by Crippen LogP contribution is -2.49. The molecule has 0 amide bonds.